The van der Waals surface area contributed by atoms with Gasteiger partial charge in [-0.3, -0.25) is 0 Å². The number of benzene rings is 2. The predicted octanol–water partition coefficient (Wildman–Crippen LogP) is 4.49. The largest absolute Gasteiger partial charge is 0.495 e. The minimum absolute atomic E-state index is 0.313. The lowest BCUT2D eigenvalue weighted by Gasteiger charge is -2.13. The van der Waals surface area contributed by atoms with Gasteiger partial charge in [-0.05, 0) is 46.3 Å². The van der Waals surface area contributed by atoms with Gasteiger partial charge in [-0.25, -0.2) is 0 Å². The minimum atomic E-state index is 0.313. The van der Waals surface area contributed by atoms with Gasteiger partial charge in [0.15, 0.2) is 0 Å². The molecule has 0 aliphatic carbocycles. The molecule has 3 N–H and O–H groups in total. The molecule has 0 saturated heterocycles. The summed E-state index contributed by atoms with van der Waals surface area (Å²) in [6.45, 7) is 0. The van der Waals surface area contributed by atoms with Gasteiger partial charge in [0.05, 0.1) is 17.3 Å². The first kappa shape index (κ1) is 15.1. The third-order valence-electron chi connectivity index (χ3n) is 2.68. The van der Waals surface area contributed by atoms with Gasteiger partial charge in [0.1, 0.15) is 10.7 Å². The minimum Gasteiger partial charge on any atom is -0.495 e. The number of thiocarbonyl (C=S) groups is 1. The zero-order valence-corrected chi connectivity index (χ0v) is 13.8. The van der Waals surface area contributed by atoms with Crippen LogP contribution in [0.15, 0.2) is 40.9 Å². The molecular formula is C14H12BrClN2OS. The van der Waals surface area contributed by atoms with E-state index < -0.39 is 0 Å². The lowest BCUT2D eigenvalue weighted by Crippen LogP contribution is -2.11. The highest BCUT2D eigenvalue weighted by Crippen LogP contribution is 2.31. The van der Waals surface area contributed by atoms with Crippen molar-refractivity contribution in [1.82, 2.24) is 0 Å². The van der Waals surface area contributed by atoms with Gasteiger partial charge >= 0.3 is 0 Å². The molecule has 2 rings (SSSR count). The van der Waals surface area contributed by atoms with Gasteiger partial charge in [0, 0.05) is 22.3 Å². The number of hydrogen-bond acceptors (Lipinski definition) is 3. The van der Waals surface area contributed by atoms with Crippen LogP contribution in [0.3, 0.4) is 0 Å². The SMILES string of the molecule is COc1cc(Nc2cc(Cl)ccc2C(N)=S)ccc1Br. The summed E-state index contributed by atoms with van der Waals surface area (Å²) in [7, 11) is 1.61. The number of methoxy groups -OCH3 is 1. The fourth-order valence-electron chi connectivity index (χ4n) is 1.73. The topological polar surface area (TPSA) is 47.3 Å². The number of anilines is 2. The third kappa shape index (κ3) is 3.42. The summed E-state index contributed by atoms with van der Waals surface area (Å²) in [6, 6.07) is 11.0. The van der Waals surface area contributed by atoms with E-state index >= 15 is 0 Å². The van der Waals surface area contributed by atoms with Crippen molar-refractivity contribution in [3.05, 3.63) is 51.5 Å². The summed E-state index contributed by atoms with van der Waals surface area (Å²) in [6.07, 6.45) is 0. The van der Waals surface area contributed by atoms with Crippen LogP contribution in [0.25, 0.3) is 0 Å². The predicted molar refractivity (Wildman–Crippen MR) is 91.3 cm³/mol. The Labute approximate surface area is 136 Å². The normalized spacial score (nSPS) is 10.2. The number of nitrogens with two attached hydrogens (primary N) is 1. The standard InChI is InChI=1S/C14H12BrClN2OS/c1-19-13-7-9(3-5-11(13)15)18-12-6-8(16)2-4-10(12)14(17)20/h2-7,18H,1H3,(H2,17,20). The molecule has 0 spiro atoms. The monoisotopic (exact) mass is 370 g/mol. The smallest absolute Gasteiger partial charge is 0.135 e. The second-order valence-corrected chi connectivity index (χ2v) is 5.76. The number of hydrogen-bond donors (Lipinski definition) is 2. The van der Waals surface area contributed by atoms with E-state index in [1.165, 1.54) is 0 Å². The van der Waals surface area contributed by atoms with Crippen molar-refractivity contribution in [3.63, 3.8) is 0 Å². The van der Waals surface area contributed by atoms with E-state index in [0.29, 0.717) is 10.0 Å². The van der Waals surface area contributed by atoms with Crippen molar-refractivity contribution in [1.29, 1.82) is 0 Å². The van der Waals surface area contributed by atoms with Crippen LogP contribution >= 0.6 is 39.7 Å². The second kappa shape index (κ2) is 6.43. The zero-order valence-electron chi connectivity index (χ0n) is 10.6. The maximum absolute atomic E-state index is 6.02. The number of rotatable bonds is 4. The Balaban J connectivity index is 2.39. The van der Waals surface area contributed by atoms with Gasteiger partial charge in [-0.15, -0.1) is 0 Å². The molecule has 20 heavy (non-hydrogen) atoms. The average Bonchev–Trinajstić information content (AvgIpc) is 2.40. The Morgan fingerprint density at radius 3 is 2.70 bits per heavy atom. The van der Waals surface area contributed by atoms with E-state index in [0.717, 1.165) is 27.2 Å². The molecule has 2 aromatic rings. The molecule has 0 aromatic heterocycles. The van der Waals surface area contributed by atoms with Crippen LogP contribution < -0.4 is 15.8 Å². The van der Waals surface area contributed by atoms with E-state index in [4.69, 9.17) is 34.3 Å². The highest BCUT2D eigenvalue weighted by molar-refractivity contribution is 9.10. The number of halogens is 2. The quantitative estimate of drug-likeness (QED) is 0.777. The molecule has 0 radical (unpaired) electrons. The van der Waals surface area contributed by atoms with E-state index in [1.54, 1.807) is 25.3 Å². The van der Waals surface area contributed by atoms with E-state index in [9.17, 15) is 0 Å². The van der Waals surface area contributed by atoms with Crippen molar-refractivity contribution in [2.24, 2.45) is 5.73 Å². The number of nitrogens with one attached hydrogen (secondary N) is 1. The first-order chi connectivity index (χ1) is 9.51. The van der Waals surface area contributed by atoms with Crippen LogP contribution in [0.1, 0.15) is 5.56 Å². The summed E-state index contributed by atoms with van der Waals surface area (Å²) in [4.78, 5) is 0.313. The summed E-state index contributed by atoms with van der Waals surface area (Å²) >= 11 is 14.5. The summed E-state index contributed by atoms with van der Waals surface area (Å²) in [5, 5.41) is 3.85. The Kier molecular flexibility index (Phi) is 4.86. The maximum Gasteiger partial charge on any atom is 0.135 e. The molecule has 6 heteroatoms. The summed E-state index contributed by atoms with van der Waals surface area (Å²) in [5.74, 6) is 0.730. The van der Waals surface area contributed by atoms with Crippen molar-refractivity contribution < 1.29 is 4.74 Å². The third-order valence-corrected chi connectivity index (χ3v) is 3.79. The Hall–Kier alpha value is -1.30. The first-order valence-corrected chi connectivity index (χ1v) is 7.29. The summed E-state index contributed by atoms with van der Waals surface area (Å²) < 4.78 is 6.14. The van der Waals surface area contributed by atoms with Crippen molar-refractivity contribution in [2.75, 3.05) is 12.4 Å². The fraction of sp³-hybridized carbons (Fsp3) is 0.0714. The molecule has 0 bridgehead atoms. The molecule has 3 nitrogen and oxygen atoms in total. The Morgan fingerprint density at radius 1 is 1.30 bits per heavy atom. The molecule has 0 amide bonds. The van der Waals surface area contributed by atoms with Crippen LogP contribution in [0.4, 0.5) is 11.4 Å². The molecule has 0 atom stereocenters. The highest BCUT2D eigenvalue weighted by atomic mass is 79.9. The molecule has 0 unspecified atom stereocenters. The lowest BCUT2D eigenvalue weighted by molar-refractivity contribution is 0.412. The number of ether oxygens (including phenoxy) is 1. The van der Waals surface area contributed by atoms with E-state index in [-0.39, 0.29) is 0 Å². The maximum atomic E-state index is 6.02. The second-order valence-electron chi connectivity index (χ2n) is 4.03. The van der Waals surface area contributed by atoms with Crippen LogP contribution in [-0.4, -0.2) is 12.1 Å². The van der Waals surface area contributed by atoms with Crippen molar-refractivity contribution >= 4 is 56.1 Å². The van der Waals surface area contributed by atoms with Crippen LogP contribution in [0, 0.1) is 0 Å². The molecule has 0 aliphatic heterocycles. The van der Waals surface area contributed by atoms with Gasteiger partial charge in [0.2, 0.25) is 0 Å². The molecule has 0 fully saturated rings. The van der Waals surface area contributed by atoms with Crippen molar-refractivity contribution in [2.45, 2.75) is 0 Å². The fourth-order valence-corrected chi connectivity index (χ4v) is 2.49. The molecule has 0 aliphatic rings. The summed E-state index contributed by atoms with van der Waals surface area (Å²) in [5.41, 5.74) is 8.07. The molecule has 2 aromatic carbocycles. The van der Waals surface area contributed by atoms with Gasteiger partial charge in [-0.1, -0.05) is 23.8 Å². The van der Waals surface area contributed by atoms with Crippen LogP contribution in [0.2, 0.25) is 5.02 Å². The Bertz CT molecular complexity index is 664. The van der Waals surface area contributed by atoms with Gasteiger partial charge in [0.25, 0.3) is 0 Å². The lowest BCUT2D eigenvalue weighted by atomic mass is 10.1. The molecule has 104 valence electrons. The first-order valence-electron chi connectivity index (χ1n) is 5.71. The zero-order chi connectivity index (χ0) is 14.7. The van der Waals surface area contributed by atoms with E-state index in [2.05, 4.69) is 21.2 Å². The molecule has 0 saturated carbocycles. The average molecular weight is 372 g/mol. The highest BCUT2D eigenvalue weighted by Gasteiger charge is 2.08. The molecular weight excluding hydrogens is 360 g/mol. The van der Waals surface area contributed by atoms with Gasteiger partial charge < -0.3 is 15.8 Å². The van der Waals surface area contributed by atoms with Crippen LogP contribution in [-0.2, 0) is 0 Å². The van der Waals surface area contributed by atoms with Gasteiger partial charge in [-0.2, -0.15) is 0 Å². The Morgan fingerprint density at radius 2 is 2.05 bits per heavy atom. The van der Waals surface area contributed by atoms with E-state index in [1.807, 2.05) is 18.2 Å². The van der Waals surface area contributed by atoms with Crippen LogP contribution in [0.5, 0.6) is 5.75 Å². The van der Waals surface area contributed by atoms with Crippen molar-refractivity contribution in [3.8, 4) is 5.75 Å². The molecule has 0 heterocycles.